The van der Waals surface area contributed by atoms with Crippen LogP contribution in [0.25, 0.3) is 22.7 Å². The summed E-state index contributed by atoms with van der Waals surface area (Å²) in [5.41, 5.74) is 0.00608. The zero-order valence-corrected chi connectivity index (χ0v) is 17.7. The van der Waals surface area contributed by atoms with E-state index in [2.05, 4.69) is 30.8 Å². The highest BCUT2D eigenvalue weighted by atomic mass is 32.2. The Kier molecular flexibility index (Phi) is 6.83. The minimum absolute atomic E-state index is 0.128. The van der Waals surface area contributed by atoms with Crippen molar-refractivity contribution in [2.75, 3.05) is 17.6 Å². The molecule has 0 saturated carbocycles. The number of alkyl halides is 3. The first-order chi connectivity index (χ1) is 14.8. The molecule has 0 aliphatic rings. The van der Waals surface area contributed by atoms with E-state index in [1.54, 1.807) is 27.0 Å². The third-order valence-corrected chi connectivity index (χ3v) is 5.64. The maximum Gasteiger partial charge on any atom is 0.320 e. The summed E-state index contributed by atoms with van der Waals surface area (Å²) in [4.78, 5) is 20.9. The van der Waals surface area contributed by atoms with Crippen molar-refractivity contribution in [2.24, 2.45) is 7.05 Å². The first-order valence-electron chi connectivity index (χ1n) is 9.33. The smallest absolute Gasteiger partial charge is 0.320 e. The van der Waals surface area contributed by atoms with Gasteiger partial charge in [0, 0.05) is 19.3 Å². The normalized spacial score (nSPS) is 13.4. The average molecular weight is 455 g/mol. The van der Waals surface area contributed by atoms with Gasteiger partial charge in [0.2, 0.25) is 6.17 Å². The number of fused-ring (bicyclic) bond motifs is 1. The van der Waals surface area contributed by atoms with Crippen LogP contribution in [0.3, 0.4) is 0 Å². The molecule has 3 aromatic heterocycles. The van der Waals surface area contributed by atoms with Gasteiger partial charge < -0.3 is 9.88 Å². The monoisotopic (exact) mass is 455 g/mol. The molecular weight excluding hydrogens is 435 g/mol. The molecule has 0 saturated heterocycles. The van der Waals surface area contributed by atoms with Crippen LogP contribution in [-0.2, 0) is 17.8 Å². The van der Waals surface area contributed by atoms with Gasteiger partial charge in [-0.1, -0.05) is 6.92 Å². The number of hydrogen-bond donors (Lipinski definition) is 2. The van der Waals surface area contributed by atoms with Gasteiger partial charge >= 0.3 is 6.03 Å². The van der Waals surface area contributed by atoms with Crippen LogP contribution in [0, 0.1) is 0 Å². The fourth-order valence-electron chi connectivity index (χ4n) is 2.81. The first kappa shape index (κ1) is 22.6. The van der Waals surface area contributed by atoms with Crippen molar-refractivity contribution in [3.8, 4) is 11.5 Å². The van der Waals surface area contributed by atoms with Crippen molar-refractivity contribution >= 4 is 33.8 Å². The van der Waals surface area contributed by atoms with E-state index < -0.39 is 35.1 Å². The summed E-state index contributed by atoms with van der Waals surface area (Å²) in [5.74, 6) is 0.715. The Balaban J connectivity index is 2.13. The predicted molar refractivity (Wildman–Crippen MR) is 109 cm³/mol. The van der Waals surface area contributed by atoms with E-state index in [4.69, 9.17) is 0 Å². The van der Waals surface area contributed by atoms with Gasteiger partial charge in [0.25, 0.3) is 6.43 Å². The molecule has 9 nitrogen and oxygen atoms in total. The second kappa shape index (κ2) is 9.37. The van der Waals surface area contributed by atoms with Gasteiger partial charge in [-0.05, 0) is 25.1 Å². The van der Waals surface area contributed by atoms with Crippen molar-refractivity contribution in [3.63, 3.8) is 0 Å². The van der Waals surface area contributed by atoms with Crippen LogP contribution in [0.2, 0.25) is 0 Å². The highest BCUT2D eigenvalue weighted by Crippen LogP contribution is 2.30. The number of carbonyl (C=O) groups excluding carboxylic acids is 1. The molecule has 2 unspecified atom stereocenters. The lowest BCUT2D eigenvalue weighted by molar-refractivity contribution is 0.0469. The van der Waals surface area contributed by atoms with Crippen LogP contribution >= 0.6 is 0 Å². The summed E-state index contributed by atoms with van der Waals surface area (Å²) in [6.07, 6.45) is -5.83. The number of nitrogens with one attached hydrogen (secondary N) is 2. The number of amides is 2. The van der Waals surface area contributed by atoms with Gasteiger partial charge in [-0.25, -0.2) is 27.9 Å². The van der Waals surface area contributed by atoms with Crippen molar-refractivity contribution in [1.29, 1.82) is 0 Å². The Hall–Kier alpha value is -3.09. The fraction of sp³-hybridized carbons (Fsp3) is 0.389. The van der Waals surface area contributed by atoms with Crippen LogP contribution in [-0.4, -0.2) is 53.7 Å². The summed E-state index contributed by atoms with van der Waals surface area (Å²) in [5, 5.41) is 12.5. The molecule has 3 rings (SSSR count). The van der Waals surface area contributed by atoms with E-state index in [-0.39, 0.29) is 28.5 Å². The lowest BCUT2D eigenvalue weighted by Crippen LogP contribution is -2.28. The minimum Gasteiger partial charge on any atom is -0.338 e. The van der Waals surface area contributed by atoms with E-state index in [9.17, 15) is 22.2 Å². The number of nitrogens with zero attached hydrogens (tertiary/aromatic N) is 5. The molecular formula is C18H20F3N7O2S. The number of halogens is 3. The van der Waals surface area contributed by atoms with Gasteiger partial charge in [0.1, 0.15) is 22.7 Å². The molecule has 0 bridgehead atoms. The quantitative estimate of drug-likeness (QED) is 0.566. The number of hydrogen-bond acceptors (Lipinski definition) is 6. The van der Waals surface area contributed by atoms with Crippen molar-refractivity contribution in [2.45, 2.75) is 31.3 Å². The number of aryl methyl sites for hydroxylation is 1. The maximum absolute atomic E-state index is 13.7. The van der Waals surface area contributed by atoms with Gasteiger partial charge in [0.05, 0.1) is 15.7 Å². The zero-order chi connectivity index (χ0) is 22.7. The molecule has 0 aliphatic carbocycles. The Morgan fingerprint density at radius 1 is 1.19 bits per heavy atom. The lowest BCUT2D eigenvalue weighted by atomic mass is 10.2. The van der Waals surface area contributed by atoms with Crippen molar-refractivity contribution in [3.05, 3.63) is 23.9 Å². The number of anilines is 1. The molecule has 2 atom stereocenters. The number of carbonyl (C=O) groups is 1. The van der Waals surface area contributed by atoms with Crippen LogP contribution in [0.15, 0.2) is 23.1 Å². The third-order valence-electron chi connectivity index (χ3n) is 4.30. The number of imidazole rings is 1. The summed E-state index contributed by atoms with van der Waals surface area (Å²) in [6.45, 7) is 3.91. The molecule has 166 valence electrons. The first-order valence-corrected chi connectivity index (χ1v) is 10.7. The fourth-order valence-corrected chi connectivity index (χ4v) is 3.70. The van der Waals surface area contributed by atoms with E-state index in [1.807, 2.05) is 0 Å². The van der Waals surface area contributed by atoms with Crippen LogP contribution < -0.4 is 10.6 Å². The summed E-state index contributed by atoms with van der Waals surface area (Å²) in [7, 11) is 0.173. The molecule has 0 aliphatic heterocycles. The number of urea groups is 1. The SMILES string of the molecule is CCNC(=O)Nc1ccc(S(=O)CC)c(-c2nc3cc(C(F)C(F)F)nnc3n2C)n1. The molecule has 0 aromatic carbocycles. The summed E-state index contributed by atoms with van der Waals surface area (Å²) in [6, 6.07) is 3.70. The second-order valence-electron chi connectivity index (χ2n) is 6.37. The average Bonchev–Trinajstić information content (AvgIpc) is 3.08. The lowest BCUT2D eigenvalue weighted by Gasteiger charge is -2.11. The predicted octanol–water partition coefficient (Wildman–Crippen LogP) is 2.97. The van der Waals surface area contributed by atoms with Gasteiger partial charge in [-0.3, -0.25) is 9.53 Å². The van der Waals surface area contributed by atoms with Gasteiger partial charge in [-0.2, -0.15) is 5.10 Å². The molecule has 0 spiro atoms. The van der Waals surface area contributed by atoms with Crippen LogP contribution in [0.4, 0.5) is 23.8 Å². The Labute approximate surface area is 177 Å². The third kappa shape index (κ3) is 4.65. The number of rotatable bonds is 7. The van der Waals surface area contributed by atoms with Crippen molar-refractivity contribution in [1.82, 2.24) is 30.0 Å². The number of aromatic nitrogens is 5. The molecule has 13 heteroatoms. The molecule has 3 aromatic rings. The van der Waals surface area contributed by atoms with Crippen LogP contribution in [0.1, 0.15) is 25.7 Å². The molecule has 0 radical (unpaired) electrons. The van der Waals surface area contributed by atoms with E-state index in [0.717, 1.165) is 6.07 Å². The van der Waals surface area contributed by atoms with E-state index >= 15 is 0 Å². The summed E-state index contributed by atoms with van der Waals surface area (Å²) >= 11 is 0. The van der Waals surface area contributed by atoms with E-state index in [0.29, 0.717) is 17.2 Å². The van der Waals surface area contributed by atoms with Crippen molar-refractivity contribution < 1.29 is 22.2 Å². The second-order valence-corrected chi connectivity index (χ2v) is 8.08. The molecule has 2 N–H and O–H groups in total. The maximum atomic E-state index is 13.7. The van der Waals surface area contributed by atoms with E-state index in [1.165, 1.54) is 10.6 Å². The highest BCUT2D eigenvalue weighted by molar-refractivity contribution is 7.85. The Morgan fingerprint density at radius 3 is 2.58 bits per heavy atom. The molecule has 2 amide bonds. The van der Waals surface area contributed by atoms with Gasteiger partial charge in [0.15, 0.2) is 11.5 Å². The molecule has 3 heterocycles. The number of pyridine rings is 1. The molecule has 31 heavy (non-hydrogen) atoms. The van der Waals surface area contributed by atoms with Crippen LogP contribution in [0.5, 0.6) is 0 Å². The Morgan fingerprint density at radius 2 is 1.94 bits per heavy atom. The zero-order valence-electron chi connectivity index (χ0n) is 16.9. The Bertz CT molecular complexity index is 1140. The standard InChI is InChI=1S/C18H20F3N7O2S/c1-4-22-18(29)25-12-7-6-11(31(30)5-2)14(24-12)17-23-10-8-9(13(19)15(20)21)26-27-16(10)28(17)3/h6-8,13,15H,4-5H2,1-3H3,(H2,22,24,25,29). The molecule has 0 fully saturated rings. The largest absolute Gasteiger partial charge is 0.338 e. The topological polar surface area (TPSA) is 115 Å². The minimum atomic E-state index is -3.24. The van der Waals surface area contributed by atoms with Gasteiger partial charge in [-0.15, -0.1) is 5.10 Å². The summed E-state index contributed by atoms with van der Waals surface area (Å²) < 4.78 is 53.1. The highest BCUT2D eigenvalue weighted by Gasteiger charge is 2.26.